The van der Waals surface area contributed by atoms with Crippen molar-refractivity contribution in [1.82, 2.24) is 0 Å². The topological polar surface area (TPSA) is 44.7 Å². The van der Waals surface area contributed by atoms with E-state index >= 15 is 0 Å². The second kappa shape index (κ2) is 8.76. The van der Waals surface area contributed by atoms with Gasteiger partial charge in [-0.15, -0.1) is 0 Å². The Hall–Kier alpha value is -3.05. The van der Waals surface area contributed by atoms with Crippen molar-refractivity contribution in [1.29, 1.82) is 0 Å². The fraction of sp³-hybridized carbons (Fsp3) is 0.174. The highest BCUT2D eigenvalue weighted by Gasteiger charge is 2.16. The molecular weight excluding hydrogens is 368 g/mol. The second-order valence-corrected chi connectivity index (χ2v) is 6.98. The van der Waals surface area contributed by atoms with Crippen LogP contribution in [0.2, 0.25) is 0 Å². The highest BCUT2D eigenvalue weighted by Crippen LogP contribution is 2.26. The van der Waals surface area contributed by atoms with E-state index in [4.69, 9.17) is 17.0 Å². The molecule has 0 spiro atoms. The number of nitrogens with zero attached hydrogens (tertiary/aromatic N) is 1. The van der Waals surface area contributed by atoms with Crippen LogP contribution >= 0.6 is 12.2 Å². The molecule has 3 aromatic rings. The quantitative estimate of drug-likeness (QED) is 0.568. The molecule has 4 nitrogen and oxygen atoms in total. The molecule has 0 fully saturated rings. The third-order valence-corrected chi connectivity index (χ3v) is 5.12. The zero-order valence-electron chi connectivity index (χ0n) is 16.3. The van der Waals surface area contributed by atoms with Crippen LogP contribution in [0.3, 0.4) is 0 Å². The predicted molar refractivity (Wildman–Crippen MR) is 119 cm³/mol. The third-order valence-electron chi connectivity index (χ3n) is 4.80. The summed E-state index contributed by atoms with van der Waals surface area (Å²) in [6.07, 6.45) is 0. The molecule has 0 bridgehead atoms. The van der Waals surface area contributed by atoms with Crippen LogP contribution in [0.1, 0.15) is 16.7 Å². The Morgan fingerprint density at radius 3 is 2.39 bits per heavy atom. The summed E-state index contributed by atoms with van der Waals surface area (Å²) in [5, 5.41) is 14.2. The summed E-state index contributed by atoms with van der Waals surface area (Å²) < 4.78 is 5.26. The summed E-state index contributed by atoms with van der Waals surface area (Å²) in [6.45, 7) is 4.59. The molecule has 3 rings (SSSR count). The minimum Gasteiger partial charge on any atom is -0.508 e. The van der Waals surface area contributed by atoms with E-state index in [2.05, 4.69) is 25.2 Å². The second-order valence-electron chi connectivity index (χ2n) is 6.59. The summed E-state index contributed by atoms with van der Waals surface area (Å²) in [5.74, 6) is 1.02. The summed E-state index contributed by atoms with van der Waals surface area (Å²) in [6, 6.07) is 21.1. The van der Waals surface area contributed by atoms with Crippen molar-refractivity contribution in [3.8, 4) is 11.5 Å². The van der Waals surface area contributed by atoms with Gasteiger partial charge in [0.15, 0.2) is 5.11 Å². The molecule has 0 heterocycles. The number of phenolic OH excluding ortho intramolecular Hbond substituents is 1. The summed E-state index contributed by atoms with van der Waals surface area (Å²) >= 11 is 5.75. The number of rotatable bonds is 5. The number of aromatic hydroxyl groups is 1. The van der Waals surface area contributed by atoms with Crippen molar-refractivity contribution in [2.24, 2.45) is 0 Å². The highest BCUT2D eigenvalue weighted by atomic mass is 32.1. The van der Waals surface area contributed by atoms with E-state index in [-0.39, 0.29) is 5.75 Å². The molecule has 0 amide bonds. The van der Waals surface area contributed by atoms with E-state index in [9.17, 15) is 5.11 Å². The number of methoxy groups -OCH3 is 1. The van der Waals surface area contributed by atoms with Gasteiger partial charge in [-0.1, -0.05) is 30.3 Å². The van der Waals surface area contributed by atoms with E-state index < -0.39 is 0 Å². The minimum atomic E-state index is 0.246. The largest absolute Gasteiger partial charge is 0.508 e. The lowest BCUT2D eigenvalue weighted by atomic mass is 10.1. The van der Waals surface area contributed by atoms with Crippen LogP contribution in [0.25, 0.3) is 0 Å². The smallest absolute Gasteiger partial charge is 0.178 e. The Bertz CT molecular complexity index is 971. The average Bonchev–Trinajstić information content (AvgIpc) is 2.71. The molecular formula is C23H24N2O2S. The molecule has 3 aromatic carbocycles. The third kappa shape index (κ3) is 4.43. The Labute approximate surface area is 171 Å². The Morgan fingerprint density at radius 1 is 1.00 bits per heavy atom. The number of benzene rings is 3. The Morgan fingerprint density at radius 2 is 1.71 bits per heavy atom. The molecule has 0 aromatic heterocycles. The van der Waals surface area contributed by atoms with Gasteiger partial charge in [-0.25, -0.2) is 0 Å². The van der Waals surface area contributed by atoms with Crippen molar-refractivity contribution in [2.45, 2.75) is 20.4 Å². The highest BCUT2D eigenvalue weighted by molar-refractivity contribution is 7.80. The van der Waals surface area contributed by atoms with E-state index in [0.29, 0.717) is 11.7 Å². The van der Waals surface area contributed by atoms with E-state index in [1.807, 2.05) is 59.5 Å². The number of para-hydroxylation sites is 1. The van der Waals surface area contributed by atoms with Gasteiger partial charge in [-0.2, -0.15) is 0 Å². The van der Waals surface area contributed by atoms with Crippen molar-refractivity contribution >= 4 is 28.7 Å². The van der Waals surface area contributed by atoms with Crippen molar-refractivity contribution in [3.05, 3.63) is 83.4 Å². The zero-order chi connectivity index (χ0) is 20.1. The Kier molecular flexibility index (Phi) is 6.16. The lowest BCUT2D eigenvalue weighted by Gasteiger charge is -2.27. The number of aryl methyl sites for hydroxylation is 1. The van der Waals surface area contributed by atoms with Gasteiger partial charge < -0.3 is 20.1 Å². The number of hydrogen-bond acceptors (Lipinski definition) is 3. The molecule has 0 saturated heterocycles. The zero-order valence-corrected chi connectivity index (χ0v) is 17.1. The van der Waals surface area contributed by atoms with Gasteiger partial charge in [0.25, 0.3) is 0 Å². The molecule has 0 atom stereocenters. The molecule has 0 unspecified atom stereocenters. The van der Waals surface area contributed by atoms with Gasteiger partial charge in [-0.3, -0.25) is 0 Å². The van der Waals surface area contributed by atoms with Gasteiger partial charge in [0, 0.05) is 16.9 Å². The first-order valence-corrected chi connectivity index (χ1v) is 9.46. The van der Waals surface area contributed by atoms with Gasteiger partial charge >= 0.3 is 0 Å². The number of ether oxygens (including phenoxy) is 1. The average molecular weight is 393 g/mol. The van der Waals surface area contributed by atoms with Crippen molar-refractivity contribution in [2.75, 3.05) is 17.3 Å². The summed E-state index contributed by atoms with van der Waals surface area (Å²) in [5.41, 5.74) is 5.03. The molecule has 2 N–H and O–H groups in total. The number of phenols is 1. The van der Waals surface area contributed by atoms with Crippen LogP contribution in [0.5, 0.6) is 11.5 Å². The first-order valence-electron chi connectivity index (χ1n) is 9.05. The molecule has 0 radical (unpaired) electrons. The fourth-order valence-electron chi connectivity index (χ4n) is 2.93. The van der Waals surface area contributed by atoms with Crippen LogP contribution in [0.15, 0.2) is 66.7 Å². The van der Waals surface area contributed by atoms with E-state index in [1.165, 1.54) is 5.56 Å². The molecule has 0 aliphatic rings. The lowest BCUT2D eigenvalue weighted by Crippen LogP contribution is -2.34. The first-order chi connectivity index (χ1) is 13.5. The van der Waals surface area contributed by atoms with Crippen LogP contribution in [-0.4, -0.2) is 17.3 Å². The lowest BCUT2D eigenvalue weighted by molar-refractivity contribution is 0.415. The van der Waals surface area contributed by atoms with Crippen molar-refractivity contribution in [3.63, 3.8) is 0 Å². The first kappa shape index (κ1) is 19.7. The monoisotopic (exact) mass is 392 g/mol. The number of anilines is 2. The van der Waals surface area contributed by atoms with Gasteiger partial charge in [0.2, 0.25) is 0 Å². The maximum atomic E-state index is 10.2. The number of nitrogens with one attached hydrogen (secondary N) is 1. The van der Waals surface area contributed by atoms with Crippen LogP contribution in [0, 0.1) is 13.8 Å². The van der Waals surface area contributed by atoms with Gasteiger partial charge in [-0.05, 0) is 73.6 Å². The van der Waals surface area contributed by atoms with Crippen LogP contribution in [-0.2, 0) is 6.54 Å². The summed E-state index contributed by atoms with van der Waals surface area (Å²) in [7, 11) is 1.64. The SMILES string of the molecule is COc1ccc(N(Cc2ccccc2O)C(=S)Nc2cccc(C)c2C)cc1. The maximum absolute atomic E-state index is 10.2. The predicted octanol–water partition coefficient (Wildman–Crippen LogP) is 5.42. The molecule has 0 saturated carbocycles. The maximum Gasteiger partial charge on any atom is 0.178 e. The number of thiocarbonyl (C=S) groups is 1. The molecule has 144 valence electrons. The van der Waals surface area contributed by atoms with E-state index in [1.54, 1.807) is 13.2 Å². The minimum absolute atomic E-state index is 0.246. The molecule has 5 heteroatoms. The van der Waals surface area contributed by atoms with E-state index in [0.717, 1.165) is 28.3 Å². The molecule has 0 aliphatic carbocycles. The molecule has 0 aliphatic heterocycles. The number of hydrogen-bond donors (Lipinski definition) is 2. The molecule has 28 heavy (non-hydrogen) atoms. The van der Waals surface area contributed by atoms with Gasteiger partial charge in [0.1, 0.15) is 11.5 Å². The Balaban J connectivity index is 1.93. The van der Waals surface area contributed by atoms with Crippen LogP contribution < -0.4 is 15.0 Å². The van der Waals surface area contributed by atoms with Gasteiger partial charge in [0.05, 0.1) is 13.7 Å². The van der Waals surface area contributed by atoms with Crippen LogP contribution in [0.4, 0.5) is 11.4 Å². The van der Waals surface area contributed by atoms with Crippen molar-refractivity contribution < 1.29 is 9.84 Å². The fourth-order valence-corrected chi connectivity index (χ4v) is 3.21. The normalized spacial score (nSPS) is 10.4. The summed E-state index contributed by atoms with van der Waals surface area (Å²) in [4.78, 5) is 1.96. The standard InChI is InChI=1S/C23H24N2O2S/c1-16-7-6-9-21(17(16)2)24-23(28)25(15-18-8-4-5-10-22(18)26)19-11-13-20(27-3)14-12-19/h4-14,26H,15H2,1-3H3,(H,24,28).